The van der Waals surface area contributed by atoms with Crippen LogP contribution in [-0.4, -0.2) is 38.3 Å². The van der Waals surface area contributed by atoms with Gasteiger partial charge in [0.15, 0.2) is 17.3 Å². The SMILES string of the molecule is CCOC(=O)c1nc(-c2nc3ccccc3n2C23CC(C2)C3)n(C)c(=O)c1OCC. The van der Waals surface area contributed by atoms with Crippen molar-refractivity contribution in [2.45, 2.75) is 38.6 Å². The summed E-state index contributed by atoms with van der Waals surface area (Å²) in [6, 6.07) is 7.94. The normalized spacial score (nSPS) is 21.8. The van der Waals surface area contributed by atoms with Gasteiger partial charge in [-0.3, -0.25) is 9.36 Å². The van der Waals surface area contributed by atoms with E-state index in [2.05, 4.69) is 9.55 Å². The predicted molar refractivity (Wildman–Crippen MR) is 111 cm³/mol. The Morgan fingerprint density at radius 1 is 1.13 bits per heavy atom. The first-order chi connectivity index (χ1) is 14.5. The van der Waals surface area contributed by atoms with Crippen LogP contribution in [0.4, 0.5) is 0 Å². The molecule has 0 spiro atoms. The van der Waals surface area contributed by atoms with Crippen LogP contribution in [0.25, 0.3) is 22.7 Å². The number of aromatic nitrogens is 4. The Morgan fingerprint density at radius 2 is 1.87 bits per heavy atom. The van der Waals surface area contributed by atoms with E-state index in [-0.39, 0.29) is 30.2 Å². The van der Waals surface area contributed by atoms with Gasteiger partial charge in [-0.05, 0) is 51.2 Å². The summed E-state index contributed by atoms with van der Waals surface area (Å²) >= 11 is 0. The number of rotatable bonds is 6. The van der Waals surface area contributed by atoms with Crippen molar-refractivity contribution in [2.24, 2.45) is 13.0 Å². The lowest BCUT2D eigenvalue weighted by atomic mass is 9.49. The van der Waals surface area contributed by atoms with E-state index in [0.717, 1.165) is 36.2 Å². The maximum absolute atomic E-state index is 13.1. The number of carbonyl (C=O) groups excluding carboxylic acids is 1. The van der Waals surface area contributed by atoms with Gasteiger partial charge in [-0.2, -0.15) is 0 Å². The van der Waals surface area contributed by atoms with Gasteiger partial charge >= 0.3 is 5.97 Å². The molecule has 2 bridgehead atoms. The number of carbonyl (C=O) groups is 1. The van der Waals surface area contributed by atoms with E-state index >= 15 is 0 Å². The van der Waals surface area contributed by atoms with Crippen LogP contribution in [0.3, 0.4) is 0 Å². The summed E-state index contributed by atoms with van der Waals surface area (Å²) in [6.45, 7) is 3.89. The fraction of sp³-hybridized carbons (Fsp3) is 0.455. The van der Waals surface area contributed by atoms with Gasteiger partial charge < -0.3 is 14.0 Å². The van der Waals surface area contributed by atoms with Crippen LogP contribution in [-0.2, 0) is 17.3 Å². The molecule has 2 heterocycles. The van der Waals surface area contributed by atoms with E-state index in [1.54, 1.807) is 20.9 Å². The van der Waals surface area contributed by atoms with Crippen LogP contribution in [0, 0.1) is 5.92 Å². The van der Waals surface area contributed by atoms with Crippen molar-refractivity contribution in [3.63, 3.8) is 0 Å². The Kier molecular flexibility index (Phi) is 4.20. The summed E-state index contributed by atoms with van der Waals surface area (Å²) in [5.74, 6) is 0.949. The maximum atomic E-state index is 13.1. The number of imidazole rings is 1. The molecule has 0 atom stereocenters. The third kappa shape index (κ3) is 2.52. The van der Waals surface area contributed by atoms with Crippen LogP contribution in [0.15, 0.2) is 29.1 Å². The average Bonchev–Trinajstić information content (AvgIpc) is 3.03. The third-order valence-electron chi connectivity index (χ3n) is 6.25. The maximum Gasteiger partial charge on any atom is 0.361 e. The molecule has 6 rings (SSSR count). The second kappa shape index (κ2) is 6.68. The molecule has 1 aromatic carbocycles. The van der Waals surface area contributed by atoms with Gasteiger partial charge in [0.25, 0.3) is 5.56 Å². The molecule has 0 unspecified atom stereocenters. The number of hydrogen-bond acceptors (Lipinski definition) is 6. The van der Waals surface area contributed by atoms with E-state index in [1.807, 2.05) is 24.3 Å². The Bertz CT molecular complexity index is 1210. The highest BCUT2D eigenvalue weighted by Crippen LogP contribution is 2.63. The highest BCUT2D eigenvalue weighted by molar-refractivity contribution is 5.91. The zero-order valence-corrected chi connectivity index (χ0v) is 17.3. The third-order valence-corrected chi connectivity index (χ3v) is 6.25. The number of benzene rings is 1. The van der Waals surface area contributed by atoms with Gasteiger partial charge in [-0.1, -0.05) is 12.1 Å². The minimum atomic E-state index is -0.673. The van der Waals surface area contributed by atoms with Crippen LogP contribution in [0.2, 0.25) is 0 Å². The van der Waals surface area contributed by atoms with Crippen molar-refractivity contribution in [2.75, 3.05) is 13.2 Å². The summed E-state index contributed by atoms with van der Waals surface area (Å²) in [5.41, 5.74) is 1.36. The van der Waals surface area contributed by atoms with Crippen LogP contribution in [0.1, 0.15) is 43.6 Å². The molecule has 0 N–H and O–H groups in total. The molecule has 156 valence electrons. The fourth-order valence-electron chi connectivity index (χ4n) is 4.76. The van der Waals surface area contributed by atoms with Crippen molar-refractivity contribution < 1.29 is 14.3 Å². The van der Waals surface area contributed by atoms with E-state index in [0.29, 0.717) is 11.6 Å². The minimum Gasteiger partial charge on any atom is -0.486 e. The summed E-state index contributed by atoms with van der Waals surface area (Å²) in [6.07, 6.45) is 3.32. The van der Waals surface area contributed by atoms with Crippen LogP contribution in [0.5, 0.6) is 5.75 Å². The molecule has 8 heteroatoms. The highest BCUT2D eigenvalue weighted by atomic mass is 16.5. The lowest BCUT2D eigenvalue weighted by molar-refractivity contribution is -0.0847. The largest absolute Gasteiger partial charge is 0.486 e. The van der Waals surface area contributed by atoms with Gasteiger partial charge in [0.05, 0.1) is 24.2 Å². The Labute approximate surface area is 173 Å². The lowest BCUT2D eigenvalue weighted by Crippen LogP contribution is -2.59. The molecular weight excluding hydrogens is 384 g/mol. The van der Waals surface area contributed by atoms with Crippen molar-refractivity contribution in [1.82, 2.24) is 19.1 Å². The summed E-state index contributed by atoms with van der Waals surface area (Å²) < 4.78 is 14.3. The quantitative estimate of drug-likeness (QED) is 0.583. The number of para-hydroxylation sites is 2. The number of ether oxygens (including phenoxy) is 2. The Balaban J connectivity index is 1.77. The standard InChI is InChI=1S/C22H24N4O4/c1-4-29-17-16(21(28)30-5-2)24-18(25(3)20(17)27)19-23-14-8-6-7-9-15(14)26(19)22-10-13(11-22)12-22/h6-9,13H,4-5,10-12H2,1-3H3. The van der Waals surface area contributed by atoms with Gasteiger partial charge in [-0.15, -0.1) is 0 Å². The Morgan fingerprint density at radius 3 is 2.50 bits per heavy atom. The van der Waals surface area contributed by atoms with E-state index in [1.165, 1.54) is 4.57 Å². The first kappa shape index (κ1) is 18.8. The molecule has 8 nitrogen and oxygen atoms in total. The summed E-state index contributed by atoms with van der Waals surface area (Å²) in [5, 5.41) is 0. The number of hydrogen-bond donors (Lipinski definition) is 0. The molecular formula is C22H24N4O4. The second-order valence-corrected chi connectivity index (χ2v) is 8.09. The molecule has 0 radical (unpaired) electrons. The van der Waals surface area contributed by atoms with Gasteiger partial charge in [-0.25, -0.2) is 14.8 Å². The highest BCUT2D eigenvalue weighted by Gasteiger charge is 2.59. The molecule has 2 aromatic heterocycles. The van der Waals surface area contributed by atoms with Crippen molar-refractivity contribution in [1.29, 1.82) is 0 Å². The minimum absolute atomic E-state index is 0.0243. The lowest BCUT2D eigenvalue weighted by Gasteiger charge is -2.62. The van der Waals surface area contributed by atoms with Gasteiger partial charge in [0, 0.05) is 12.6 Å². The second-order valence-electron chi connectivity index (χ2n) is 8.09. The van der Waals surface area contributed by atoms with E-state index in [4.69, 9.17) is 14.5 Å². The topological polar surface area (TPSA) is 88.2 Å². The molecule has 0 amide bonds. The zero-order chi connectivity index (χ0) is 21.0. The predicted octanol–water partition coefficient (Wildman–Crippen LogP) is 2.88. The van der Waals surface area contributed by atoms with Crippen LogP contribution < -0.4 is 10.3 Å². The number of fused-ring (bicyclic) bond motifs is 1. The fourth-order valence-corrected chi connectivity index (χ4v) is 4.76. The van der Waals surface area contributed by atoms with Crippen LogP contribution >= 0.6 is 0 Å². The molecule has 3 aromatic rings. The zero-order valence-electron chi connectivity index (χ0n) is 17.3. The van der Waals surface area contributed by atoms with Gasteiger partial charge in [0.1, 0.15) is 0 Å². The number of esters is 1. The monoisotopic (exact) mass is 408 g/mol. The van der Waals surface area contributed by atoms with E-state index < -0.39 is 11.5 Å². The molecule has 0 aliphatic heterocycles. The molecule has 3 aliphatic rings. The molecule has 3 aliphatic carbocycles. The van der Waals surface area contributed by atoms with Crippen molar-refractivity contribution >= 4 is 17.0 Å². The first-order valence-electron chi connectivity index (χ1n) is 10.4. The molecule has 3 fully saturated rings. The van der Waals surface area contributed by atoms with Crippen molar-refractivity contribution in [3.05, 3.63) is 40.3 Å². The molecule has 0 saturated heterocycles. The average molecular weight is 408 g/mol. The van der Waals surface area contributed by atoms with Crippen molar-refractivity contribution in [3.8, 4) is 17.4 Å². The molecule has 30 heavy (non-hydrogen) atoms. The smallest absolute Gasteiger partial charge is 0.361 e. The van der Waals surface area contributed by atoms with Gasteiger partial charge in [0.2, 0.25) is 5.75 Å². The Hall–Kier alpha value is -3.16. The van der Waals surface area contributed by atoms with E-state index in [9.17, 15) is 9.59 Å². The number of nitrogens with zero attached hydrogens (tertiary/aromatic N) is 4. The molecule has 3 saturated carbocycles. The summed E-state index contributed by atoms with van der Waals surface area (Å²) in [7, 11) is 1.63. The first-order valence-corrected chi connectivity index (χ1v) is 10.4. The summed E-state index contributed by atoms with van der Waals surface area (Å²) in [4.78, 5) is 35.1.